The Morgan fingerprint density at radius 3 is 2.73 bits per heavy atom. The Hall–Kier alpha value is -3.66. The standard InChI is InChI=1S/C23H20F3N5O2/c1-12-16-8-14(23(24,25)26)4-5-15(16)20(10-33-12)30(2)22(32)13-3-6-17-18(7-13)31-11-28-9-19(31)21(27)29-17/h3-9,11-12,20H,10H2,1-2H3,(H2,27,29)/t12?,20-/m1/s1. The number of aromatic nitrogens is 3. The summed E-state index contributed by atoms with van der Waals surface area (Å²) in [5, 5.41) is 0. The largest absolute Gasteiger partial charge is 0.416 e. The number of alkyl halides is 3. The van der Waals surface area contributed by atoms with E-state index in [1.807, 2.05) is 0 Å². The molecule has 0 fully saturated rings. The molecule has 2 aromatic carbocycles. The number of ether oxygens (including phenoxy) is 1. The van der Waals surface area contributed by atoms with Gasteiger partial charge in [-0.1, -0.05) is 6.07 Å². The molecule has 2 aromatic heterocycles. The number of anilines is 1. The van der Waals surface area contributed by atoms with Crippen molar-refractivity contribution in [3.63, 3.8) is 0 Å². The molecule has 1 aliphatic heterocycles. The number of carbonyl (C=O) groups is 1. The number of benzene rings is 2. The zero-order valence-electron chi connectivity index (χ0n) is 17.8. The van der Waals surface area contributed by atoms with Crippen LogP contribution in [-0.2, 0) is 10.9 Å². The van der Waals surface area contributed by atoms with Gasteiger partial charge in [-0.05, 0) is 48.4 Å². The molecule has 0 bridgehead atoms. The highest BCUT2D eigenvalue weighted by molar-refractivity contribution is 5.98. The third-order valence-corrected chi connectivity index (χ3v) is 6.13. The van der Waals surface area contributed by atoms with Crippen molar-refractivity contribution in [3.05, 3.63) is 71.2 Å². The number of likely N-dealkylation sites (N-methyl/N-ethyl adjacent to an activating group) is 1. The number of hydrogen-bond donors (Lipinski definition) is 1. The number of hydrogen-bond acceptors (Lipinski definition) is 5. The number of nitrogen functional groups attached to an aromatic ring is 1. The molecular weight excluding hydrogens is 435 g/mol. The van der Waals surface area contributed by atoms with Crippen LogP contribution in [0.3, 0.4) is 0 Å². The maximum atomic E-state index is 13.4. The van der Waals surface area contributed by atoms with Crippen molar-refractivity contribution >= 4 is 28.3 Å². The van der Waals surface area contributed by atoms with Crippen LogP contribution in [0.5, 0.6) is 0 Å². The highest BCUT2D eigenvalue weighted by Gasteiger charge is 2.35. The van der Waals surface area contributed by atoms with Crippen molar-refractivity contribution in [2.45, 2.75) is 25.2 Å². The summed E-state index contributed by atoms with van der Waals surface area (Å²) in [4.78, 5) is 23.3. The Labute approximate surface area is 186 Å². The van der Waals surface area contributed by atoms with E-state index in [9.17, 15) is 18.0 Å². The summed E-state index contributed by atoms with van der Waals surface area (Å²) in [7, 11) is 1.62. The second kappa shape index (κ2) is 7.45. The summed E-state index contributed by atoms with van der Waals surface area (Å²) in [6.45, 7) is 1.88. The average molecular weight is 455 g/mol. The molecule has 1 amide bonds. The first-order valence-corrected chi connectivity index (χ1v) is 10.3. The first kappa shape index (κ1) is 21.2. The quantitative estimate of drug-likeness (QED) is 0.485. The van der Waals surface area contributed by atoms with Crippen molar-refractivity contribution < 1.29 is 22.7 Å². The van der Waals surface area contributed by atoms with Crippen LogP contribution in [0.15, 0.2) is 48.9 Å². The van der Waals surface area contributed by atoms with Crippen LogP contribution in [0, 0.1) is 0 Å². The monoisotopic (exact) mass is 455 g/mol. The predicted octanol–water partition coefficient (Wildman–Crippen LogP) is 4.39. The number of halogens is 3. The summed E-state index contributed by atoms with van der Waals surface area (Å²) in [5.41, 5.74) is 8.61. The smallest absolute Gasteiger partial charge is 0.382 e. The Morgan fingerprint density at radius 1 is 1.18 bits per heavy atom. The first-order chi connectivity index (χ1) is 15.6. The van der Waals surface area contributed by atoms with Gasteiger partial charge in [-0.25, -0.2) is 9.97 Å². The maximum Gasteiger partial charge on any atom is 0.416 e. The number of carbonyl (C=O) groups excluding carboxylic acids is 1. The van der Waals surface area contributed by atoms with E-state index < -0.39 is 23.9 Å². The average Bonchev–Trinajstić information content (AvgIpc) is 3.29. The number of fused-ring (bicyclic) bond motifs is 4. The predicted molar refractivity (Wildman–Crippen MR) is 116 cm³/mol. The van der Waals surface area contributed by atoms with Gasteiger partial charge < -0.3 is 15.4 Å². The highest BCUT2D eigenvalue weighted by Crippen LogP contribution is 2.39. The van der Waals surface area contributed by atoms with Crippen molar-refractivity contribution in [1.29, 1.82) is 0 Å². The van der Waals surface area contributed by atoms with E-state index in [1.165, 1.54) is 11.0 Å². The lowest BCUT2D eigenvalue weighted by molar-refractivity contribution is -0.137. The minimum atomic E-state index is -4.45. The molecule has 3 heterocycles. The van der Waals surface area contributed by atoms with E-state index in [2.05, 4.69) is 9.97 Å². The third-order valence-electron chi connectivity index (χ3n) is 6.13. The van der Waals surface area contributed by atoms with E-state index >= 15 is 0 Å². The van der Waals surface area contributed by atoms with Crippen LogP contribution in [0.1, 0.15) is 46.1 Å². The van der Waals surface area contributed by atoms with Crippen LogP contribution in [0.25, 0.3) is 16.6 Å². The fraction of sp³-hybridized carbons (Fsp3) is 0.261. The molecule has 0 saturated carbocycles. The number of imidazole rings is 1. The lowest BCUT2D eigenvalue weighted by Crippen LogP contribution is -2.37. The summed E-state index contributed by atoms with van der Waals surface area (Å²) in [6.07, 6.45) is -1.77. The fourth-order valence-corrected chi connectivity index (χ4v) is 4.29. The second-order valence-corrected chi connectivity index (χ2v) is 8.10. The van der Waals surface area contributed by atoms with E-state index in [4.69, 9.17) is 10.5 Å². The molecule has 2 atom stereocenters. The summed E-state index contributed by atoms with van der Waals surface area (Å²) < 4.78 is 47.1. The van der Waals surface area contributed by atoms with Gasteiger partial charge in [0.1, 0.15) is 11.3 Å². The van der Waals surface area contributed by atoms with Gasteiger partial charge in [0.2, 0.25) is 0 Å². The maximum absolute atomic E-state index is 13.4. The molecule has 1 unspecified atom stereocenters. The van der Waals surface area contributed by atoms with Crippen molar-refractivity contribution in [2.75, 3.05) is 19.4 Å². The third kappa shape index (κ3) is 3.46. The second-order valence-electron chi connectivity index (χ2n) is 8.10. The van der Waals surface area contributed by atoms with E-state index in [-0.39, 0.29) is 12.5 Å². The van der Waals surface area contributed by atoms with Gasteiger partial charge in [-0.3, -0.25) is 9.20 Å². The fourth-order valence-electron chi connectivity index (χ4n) is 4.29. The Bertz CT molecular complexity index is 1400. The van der Waals surface area contributed by atoms with Gasteiger partial charge in [0.05, 0.1) is 47.9 Å². The molecule has 5 rings (SSSR count). The molecular formula is C23H20F3N5O2. The van der Waals surface area contributed by atoms with Gasteiger partial charge in [0.15, 0.2) is 0 Å². The number of nitrogens with zero attached hydrogens (tertiary/aromatic N) is 4. The molecule has 0 aliphatic carbocycles. The highest BCUT2D eigenvalue weighted by atomic mass is 19.4. The normalized spacial score (nSPS) is 18.5. The Balaban J connectivity index is 1.52. The van der Waals surface area contributed by atoms with Gasteiger partial charge in [-0.2, -0.15) is 13.2 Å². The Kier molecular flexibility index (Phi) is 4.78. The van der Waals surface area contributed by atoms with Gasteiger partial charge >= 0.3 is 6.18 Å². The molecule has 0 spiro atoms. The minimum absolute atomic E-state index is 0.180. The summed E-state index contributed by atoms with van der Waals surface area (Å²) in [6, 6.07) is 8.12. The SMILES string of the molecule is CC1OC[C@@H](N(C)C(=O)c2ccc3nc(N)c4cncn4c3c2)c2ccc(C(F)(F)F)cc21. The topological polar surface area (TPSA) is 85.8 Å². The molecule has 2 N–H and O–H groups in total. The minimum Gasteiger partial charge on any atom is -0.382 e. The van der Waals surface area contributed by atoms with E-state index in [0.29, 0.717) is 39.1 Å². The van der Waals surface area contributed by atoms with Crippen molar-refractivity contribution in [1.82, 2.24) is 19.3 Å². The van der Waals surface area contributed by atoms with Crippen LogP contribution in [0.2, 0.25) is 0 Å². The molecule has 7 nitrogen and oxygen atoms in total. The zero-order valence-corrected chi connectivity index (χ0v) is 17.8. The van der Waals surface area contributed by atoms with E-state index in [1.54, 1.807) is 49.1 Å². The molecule has 10 heteroatoms. The van der Waals surface area contributed by atoms with Gasteiger partial charge in [-0.15, -0.1) is 0 Å². The van der Waals surface area contributed by atoms with Crippen LogP contribution < -0.4 is 5.73 Å². The molecule has 33 heavy (non-hydrogen) atoms. The lowest BCUT2D eigenvalue weighted by Gasteiger charge is -2.36. The van der Waals surface area contributed by atoms with Crippen LogP contribution in [0.4, 0.5) is 19.0 Å². The van der Waals surface area contributed by atoms with Crippen LogP contribution >= 0.6 is 0 Å². The van der Waals surface area contributed by atoms with Crippen LogP contribution in [-0.4, -0.2) is 38.8 Å². The van der Waals surface area contributed by atoms with Crippen molar-refractivity contribution in [3.8, 4) is 0 Å². The zero-order chi connectivity index (χ0) is 23.5. The molecule has 1 aliphatic rings. The Morgan fingerprint density at radius 2 is 1.97 bits per heavy atom. The number of amides is 1. The van der Waals surface area contributed by atoms with E-state index in [0.717, 1.165) is 12.1 Å². The molecule has 0 saturated heterocycles. The molecule has 4 aromatic rings. The van der Waals surface area contributed by atoms with Gasteiger partial charge in [0, 0.05) is 12.6 Å². The first-order valence-electron chi connectivity index (χ1n) is 10.3. The molecule has 0 radical (unpaired) electrons. The lowest BCUT2D eigenvalue weighted by atomic mass is 9.91. The number of nitrogens with two attached hydrogens (primary N) is 1. The van der Waals surface area contributed by atoms with Crippen molar-refractivity contribution in [2.24, 2.45) is 0 Å². The molecule has 170 valence electrons. The summed E-state index contributed by atoms with van der Waals surface area (Å²) in [5.74, 6) is 0.0375. The van der Waals surface area contributed by atoms with Gasteiger partial charge in [0.25, 0.3) is 5.91 Å². The summed E-state index contributed by atoms with van der Waals surface area (Å²) >= 11 is 0. The number of rotatable bonds is 2.